The van der Waals surface area contributed by atoms with E-state index in [0.717, 1.165) is 0 Å². The lowest BCUT2D eigenvalue weighted by Gasteiger charge is -2.16. The van der Waals surface area contributed by atoms with Crippen molar-refractivity contribution in [3.63, 3.8) is 0 Å². The van der Waals surface area contributed by atoms with Crippen molar-refractivity contribution in [3.05, 3.63) is 69.8 Å². The minimum Gasteiger partial charge on any atom is -0.497 e. The second-order valence-corrected chi connectivity index (χ2v) is 5.49. The Labute approximate surface area is 149 Å². The second kappa shape index (κ2) is 7.22. The number of aliphatic imine (C=N–C) groups is 1. The molecule has 8 nitrogen and oxygen atoms in total. The minimum atomic E-state index is -1.03. The van der Waals surface area contributed by atoms with Crippen molar-refractivity contribution in [2.45, 2.75) is 12.1 Å². The molecule has 0 amide bonds. The average molecular weight is 356 g/mol. The molecule has 1 heterocycles. The van der Waals surface area contributed by atoms with Crippen LogP contribution in [0.1, 0.15) is 17.2 Å². The molecule has 0 bridgehead atoms. The summed E-state index contributed by atoms with van der Waals surface area (Å²) in [7, 11) is 2.79. The van der Waals surface area contributed by atoms with Crippen LogP contribution in [0.25, 0.3) is 0 Å². The third-order valence-electron chi connectivity index (χ3n) is 4.00. The number of para-hydroxylation sites is 1. The van der Waals surface area contributed by atoms with Crippen LogP contribution in [0.4, 0.5) is 5.69 Å². The number of rotatable bonds is 5. The number of esters is 1. The van der Waals surface area contributed by atoms with Crippen LogP contribution in [0.3, 0.4) is 0 Å². The van der Waals surface area contributed by atoms with Crippen molar-refractivity contribution in [2.75, 3.05) is 14.2 Å². The number of hydrogen-bond donors (Lipinski definition) is 0. The molecule has 0 fully saturated rings. The number of ether oxygens (including phenoxy) is 3. The summed E-state index contributed by atoms with van der Waals surface area (Å²) in [4.78, 5) is 27.3. The average Bonchev–Trinajstić information content (AvgIpc) is 3.12. The van der Waals surface area contributed by atoms with Gasteiger partial charge in [0.05, 0.1) is 24.7 Å². The number of benzene rings is 2. The topological polar surface area (TPSA) is 100 Å². The lowest BCUT2D eigenvalue weighted by atomic mass is 10.0. The first-order chi connectivity index (χ1) is 12.5. The molecule has 8 heteroatoms. The number of hydrogen-bond acceptors (Lipinski definition) is 7. The van der Waals surface area contributed by atoms with Gasteiger partial charge in [-0.2, -0.15) is 0 Å². The monoisotopic (exact) mass is 356 g/mol. The SMILES string of the molecule is COC(=O)[C@H]1N=C(c2ccc(OC)cc2)O[C@@H]1c1ccccc1[N+](=O)[O-]. The van der Waals surface area contributed by atoms with Gasteiger partial charge in [-0.25, -0.2) is 9.79 Å². The van der Waals surface area contributed by atoms with Gasteiger partial charge in [-0.1, -0.05) is 12.1 Å². The molecular formula is C18H16N2O6. The number of nitrogens with zero attached hydrogens (tertiary/aromatic N) is 2. The number of carbonyl (C=O) groups excluding carboxylic acids is 1. The fraction of sp³-hybridized carbons (Fsp3) is 0.222. The summed E-state index contributed by atoms with van der Waals surface area (Å²) < 4.78 is 15.7. The highest BCUT2D eigenvalue weighted by molar-refractivity contribution is 5.98. The van der Waals surface area contributed by atoms with Crippen LogP contribution in [-0.2, 0) is 14.3 Å². The van der Waals surface area contributed by atoms with Crippen LogP contribution >= 0.6 is 0 Å². The first-order valence-corrected chi connectivity index (χ1v) is 7.75. The molecule has 26 heavy (non-hydrogen) atoms. The van der Waals surface area contributed by atoms with Gasteiger partial charge in [-0.05, 0) is 30.3 Å². The summed E-state index contributed by atoms with van der Waals surface area (Å²) in [6.45, 7) is 0. The highest BCUT2D eigenvalue weighted by Crippen LogP contribution is 2.36. The molecule has 0 unspecified atom stereocenters. The zero-order valence-electron chi connectivity index (χ0n) is 14.1. The Kier molecular flexibility index (Phi) is 4.83. The maximum Gasteiger partial charge on any atom is 0.335 e. The number of nitro benzene ring substituents is 1. The Bertz CT molecular complexity index is 862. The van der Waals surface area contributed by atoms with Gasteiger partial charge in [-0.3, -0.25) is 10.1 Å². The lowest BCUT2D eigenvalue weighted by molar-refractivity contribution is -0.386. The summed E-state index contributed by atoms with van der Waals surface area (Å²) in [5, 5.41) is 11.3. The molecule has 0 N–H and O–H groups in total. The third-order valence-corrected chi connectivity index (χ3v) is 4.00. The van der Waals surface area contributed by atoms with Gasteiger partial charge in [0, 0.05) is 11.6 Å². The van der Waals surface area contributed by atoms with E-state index in [2.05, 4.69) is 4.99 Å². The van der Waals surface area contributed by atoms with Crippen molar-refractivity contribution in [1.29, 1.82) is 0 Å². The summed E-state index contributed by atoms with van der Waals surface area (Å²) >= 11 is 0. The maximum atomic E-state index is 12.2. The van der Waals surface area contributed by atoms with Crippen molar-refractivity contribution >= 4 is 17.6 Å². The van der Waals surface area contributed by atoms with Gasteiger partial charge in [0.25, 0.3) is 5.69 Å². The smallest absolute Gasteiger partial charge is 0.335 e. The van der Waals surface area contributed by atoms with E-state index in [1.165, 1.54) is 13.2 Å². The first-order valence-electron chi connectivity index (χ1n) is 7.75. The van der Waals surface area contributed by atoms with Gasteiger partial charge in [-0.15, -0.1) is 0 Å². The summed E-state index contributed by atoms with van der Waals surface area (Å²) in [5.74, 6) is 0.245. The summed E-state index contributed by atoms with van der Waals surface area (Å²) in [5.41, 5.74) is 0.749. The molecule has 3 rings (SSSR count). The fourth-order valence-electron chi connectivity index (χ4n) is 2.71. The van der Waals surface area contributed by atoms with Crippen LogP contribution < -0.4 is 4.74 Å². The van der Waals surface area contributed by atoms with Crippen molar-refractivity contribution in [3.8, 4) is 5.75 Å². The molecule has 2 aromatic rings. The summed E-state index contributed by atoms with van der Waals surface area (Å²) in [6.07, 6.45) is -0.943. The van der Waals surface area contributed by atoms with Crippen LogP contribution in [0.15, 0.2) is 53.5 Å². The van der Waals surface area contributed by atoms with Crippen LogP contribution in [-0.4, -0.2) is 37.1 Å². The molecule has 1 aliphatic heterocycles. The highest BCUT2D eigenvalue weighted by Gasteiger charge is 2.41. The quantitative estimate of drug-likeness (QED) is 0.464. The zero-order chi connectivity index (χ0) is 18.7. The predicted octanol–water partition coefficient (Wildman–Crippen LogP) is 2.66. The lowest BCUT2D eigenvalue weighted by Crippen LogP contribution is -2.25. The van der Waals surface area contributed by atoms with Gasteiger partial charge in [0.15, 0.2) is 12.1 Å². The number of methoxy groups -OCH3 is 2. The molecule has 134 valence electrons. The first kappa shape index (κ1) is 17.4. The van der Waals surface area contributed by atoms with Crippen molar-refractivity contribution < 1.29 is 23.9 Å². The van der Waals surface area contributed by atoms with Crippen LogP contribution in [0.5, 0.6) is 5.75 Å². The third kappa shape index (κ3) is 3.21. The molecule has 0 spiro atoms. The molecule has 0 saturated carbocycles. The predicted molar refractivity (Wildman–Crippen MR) is 92.3 cm³/mol. The van der Waals surface area contributed by atoms with E-state index in [0.29, 0.717) is 11.3 Å². The maximum absolute atomic E-state index is 12.2. The molecule has 0 radical (unpaired) electrons. The number of nitro groups is 1. The Morgan fingerprint density at radius 3 is 2.46 bits per heavy atom. The Morgan fingerprint density at radius 1 is 1.15 bits per heavy atom. The summed E-state index contributed by atoms with van der Waals surface area (Å²) in [6, 6.07) is 12.0. The van der Waals surface area contributed by atoms with Crippen LogP contribution in [0, 0.1) is 10.1 Å². The van der Waals surface area contributed by atoms with Crippen molar-refractivity contribution in [2.24, 2.45) is 4.99 Å². The standard InChI is InChI=1S/C18H16N2O6/c1-24-12-9-7-11(8-10-12)17-19-15(18(21)25-2)16(26-17)13-5-3-4-6-14(13)20(22)23/h3-10,15-16H,1-2H3/t15-,16+/m0/s1. The molecule has 0 aliphatic carbocycles. The van der Waals surface area contributed by atoms with E-state index in [1.54, 1.807) is 49.6 Å². The Hall–Kier alpha value is -3.42. The van der Waals surface area contributed by atoms with Gasteiger partial charge < -0.3 is 14.2 Å². The van der Waals surface area contributed by atoms with E-state index in [1.807, 2.05) is 0 Å². The second-order valence-electron chi connectivity index (χ2n) is 5.49. The van der Waals surface area contributed by atoms with Crippen molar-refractivity contribution in [1.82, 2.24) is 0 Å². The van der Waals surface area contributed by atoms with Gasteiger partial charge in [0.1, 0.15) is 5.75 Å². The van der Waals surface area contributed by atoms with E-state index in [4.69, 9.17) is 14.2 Å². The zero-order valence-corrected chi connectivity index (χ0v) is 14.1. The molecule has 0 saturated heterocycles. The molecular weight excluding hydrogens is 340 g/mol. The normalized spacial score (nSPS) is 18.6. The van der Waals surface area contributed by atoms with Gasteiger partial charge >= 0.3 is 5.97 Å². The van der Waals surface area contributed by atoms with E-state index >= 15 is 0 Å². The minimum absolute atomic E-state index is 0.141. The van der Waals surface area contributed by atoms with E-state index < -0.39 is 23.0 Å². The highest BCUT2D eigenvalue weighted by atomic mass is 16.6. The Balaban J connectivity index is 1.99. The molecule has 2 atom stereocenters. The van der Waals surface area contributed by atoms with E-state index in [-0.39, 0.29) is 17.1 Å². The van der Waals surface area contributed by atoms with E-state index in [9.17, 15) is 14.9 Å². The largest absolute Gasteiger partial charge is 0.497 e. The molecule has 2 aromatic carbocycles. The molecule has 1 aliphatic rings. The number of carbonyl (C=O) groups is 1. The Morgan fingerprint density at radius 2 is 1.85 bits per heavy atom. The van der Waals surface area contributed by atoms with Crippen LogP contribution in [0.2, 0.25) is 0 Å². The molecule has 0 aromatic heterocycles. The fourth-order valence-corrected chi connectivity index (χ4v) is 2.71. The van der Waals surface area contributed by atoms with Gasteiger partial charge in [0.2, 0.25) is 5.90 Å².